The molecule has 0 bridgehead atoms. The molecule has 0 aliphatic carbocycles. The van der Waals surface area contributed by atoms with Gasteiger partial charge in [-0.15, -0.1) is 0 Å². The van der Waals surface area contributed by atoms with Crippen LogP contribution in [0.4, 0.5) is 0 Å². The molecular weight excluding hydrogens is 186 g/mol. The second-order valence-electron chi connectivity index (χ2n) is 2.66. The molecule has 0 saturated heterocycles. The van der Waals surface area contributed by atoms with Gasteiger partial charge in [0.2, 0.25) is 0 Å². The van der Waals surface area contributed by atoms with Crippen LogP contribution >= 0.6 is 12.2 Å². The standard InChI is InChI=1S/C7H9N5S/c13-7-10-9-6-12(7)4-3-11-2-1-8-5-11/h1-2,5-6H,3-4H2,(H,10,13). The molecule has 1 N–H and O–H groups in total. The molecule has 2 rings (SSSR count). The summed E-state index contributed by atoms with van der Waals surface area (Å²) in [6.45, 7) is 1.67. The van der Waals surface area contributed by atoms with Crippen LogP contribution < -0.4 is 0 Å². The van der Waals surface area contributed by atoms with Gasteiger partial charge in [-0.2, -0.15) is 5.10 Å². The molecule has 5 nitrogen and oxygen atoms in total. The number of imidazole rings is 1. The highest BCUT2D eigenvalue weighted by Crippen LogP contribution is 1.91. The quantitative estimate of drug-likeness (QED) is 0.738. The minimum atomic E-state index is 0.653. The largest absolute Gasteiger partial charge is 0.336 e. The van der Waals surface area contributed by atoms with Gasteiger partial charge in [-0.1, -0.05) is 0 Å². The van der Waals surface area contributed by atoms with E-state index in [2.05, 4.69) is 15.2 Å². The van der Waals surface area contributed by atoms with Crippen LogP contribution in [-0.2, 0) is 13.1 Å². The van der Waals surface area contributed by atoms with Crippen molar-refractivity contribution in [3.8, 4) is 0 Å². The number of H-pyrrole nitrogens is 1. The Morgan fingerprint density at radius 2 is 2.31 bits per heavy atom. The molecule has 13 heavy (non-hydrogen) atoms. The summed E-state index contributed by atoms with van der Waals surface area (Å²) >= 11 is 5.00. The third-order valence-electron chi connectivity index (χ3n) is 1.78. The van der Waals surface area contributed by atoms with Gasteiger partial charge in [0.15, 0.2) is 4.77 Å². The van der Waals surface area contributed by atoms with E-state index in [9.17, 15) is 0 Å². The maximum absolute atomic E-state index is 5.00. The highest BCUT2D eigenvalue weighted by atomic mass is 32.1. The third kappa shape index (κ3) is 1.83. The first kappa shape index (κ1) is 8.18. The molecule has 6 heteroatoms. The topological polar surface area (TPSA) is 51.4 Å². The molecule has 0 fully saturated rings. The zero-order valence-corrected chi connectivity index (χ0v) is 7.74. The van der Waals surface area contributed by atoms with Crippen molar-refractivity contribution in [2.45, 2.75) is 13.1 Å². The predicted molar refractivity (Wildman–Crippen MR) is 49.6 cm³/mol. The Morgan fingerprint density at radius 1 is 1.38 bits per heavy atom. The van der Waals surface area contributed by atoms with Gasteiger partial charge in [0.1, 0.15) is 6.33 Å². The SMILES string of the molecule is S=c1[nH]ncn1CCn1ccnc1. The predicted octanol–water partition coefficient (Wildman–Crippen LogP) is 0.837. The summed E-state index contributed by atoms with van der Waals surface area (Å²) in [6.07, 6.45) is 7.15. The van der Waals surface area contributed by atoms with Crippen LogP contribution in [0.5, 0.6) is 0 Å². The van der Waals surface area contributed by atoms with Crippen molar-refractivity contribution in [1.29, 1.82) is 0 Å². The molecule has 0 spiro atoms. The fraction of sp³-hybridized carbons (Fsp3) is 0.286. The van der Waals surface area contributed by atoms with E-state index in [4.69, 9.17) is 12.2 Å². The first-order chi connectivity index (χ1) is 6.36. The van der Waals surface area contributed by atoms with E-state index >= 15 is 0 Å². The molecule has 0 aliphatic heterocycles. The zero-order valence-electron chi connectivity index (χ0n) is 6.92. The highest BCUT2D eigenvalue weighted by Gasteiger charge is 1.93. The van der Waals surface area contributed by atoms with Crippen molar-refractivity contribution >= 4 is 12.2 Å². The van der Waals surface area contributed by atoms with Crippen molar-refractivity contribution < 1.29 is 0 Å². The number of nitrogens with one attached hydrogen (secondary N) is 1. The zero-order chi connectivity index (χ0) is 9.10. The highest BCUT2D eigenvalue weighted by molar-refractivity contribution is 7.71. The molecular formula is C7H9N5S. The number of nitrogens with zero attached hydrogens (tertiary/aromatic N) is 4. The summed E-state index contributed by atoms with van der Waals surface area (Å²) in [5.74, 6) is 0. The number of hydrogen-bond acceptors (Lipinski definition) is 3. The average molecular weight is 195 g/mol. The molecule has 0 unspecified atom stereocenters. The number of rotatable bonds is 3. The molecule has 0 atom stereocenters. The Labute approximate surface area is 80.0 Å². The fourth-order valence-corrected chi connectivity index (χ4v) is 1.26. The monoisotopic (exact) mass is 195 g/mol. The second-order valence-corrected chi connectivity index (χ2v) is 3.04. The van der Waals surface area contributed by atoms with E-state index < -0.39 is 0 Å². The maximum Gasteiger partial charge on any atom is 0.195 e. The summed E-state index contributed by atoms with van der Waals surface area (Å²) in [5, 5.41) is 6.53. The Hall–Kier alpha value is -1.43. The minimum Gasteiger partial charge on any atom is -0.336 e. The van der Waals surface area contributed by atoms with Crippen molar-refractivity contribution in [3.63, 3.8) is 0 Å². The van der Waals surface area contributed by atoms with Crippen LogP contribution in [0.3, 0.4) is 0 Å². The van der Waals surface area contributed by atoms with Crippen LogP contribution in [0.25, 0.3) is 0 Å². The lowest BCUT2D eigenvalue weighted by Crippen LogP contribution is -2.04. The molecule has 0 radical (unpaired) electrons. The summed E-state index contributed by atoms with van der Waals surface area (Å²) in [5.41, 5.74) is 0. The molecule has 0 aliphatic rings. The summed E-state index contributed by atoms with van der Waals surface area (Å²) < 4.78 is 4.53. The van der Waals surface area contributed by atoms with Gasteiger partial charge >= 0.3 is 0 Å². The van der Waals surface area contributed by atoms with Crippen LogP contribution in [0, 0.1) is 4.77 Å². The van der Waals surface area contributed by atoms with E-state index in [0.29, 0.717) is 4.77 Å². The molecule has 2 aromatic rings. The smallest absolute Gasteiger partial charge is 0.195 e. The summed E-state index contributed by atoms with van der Waals surface area (Å²) in [7, 11) is 0. The molecule has 2 heterocycles. The van der Waals surface area contributed by atoms with E-state index in [1.165, 1.54) is 0 Å². The molecule has 2 aromatic heterocycles. The van der Waals surface area contributed by atoms with Gasteiger partial charge in [-0.05, 0) is 12.2 Å². The van der Waals surface area contributed by atoms with Gasteiger partial charge in [0.05, 0.1) is 6.33 Å². The lowest BCUT2D eigenvalue weighted by atomic mass is 10.6. The van der Waals surface area contributed by atoms with E-state index in [0.717, 1.165) is 13.1 Å². The summed E-state index contributed by atoms with van der Waals surface area (Å²) in [4.78, 5) is 3.95. The molecule has 0 saturated carbocycles. The summed E-state index contributed by atoms with van der Waals surface area (Å²) in [6, 6.07) is 0. The van der Waals surface area contributed by atoms with Gasteiger partial charge in [0.25, 0.3) is 0 Å². The van der Waals surface area contributed by atoms with Gasteiger partial charge in [0, 0.05) is 25.5 Å². The molecule has 0 aromatic carbocycles. The van der Waals surface area contributed by atoms with Crippen LogP contribution in [0.1, 0.15) is 0 Å². The van der Waals surface area contributed by atoms with E-state index in [1.807, 2.05) is 15.3 Å². The first-order valence-corrected chi connectivity index (χ1v) is 4.32. The average Bonchev–Trinajstić information content (AvgIpc) is 2.72. The Balaban J connectivity index is 2.01. The maximum atomic E-state index is 5.00. The second kappa shape index (κ2) is 3.53. The number of aromatic nitrogens is 5. The van der Waals surface area contributed by atoms with Gasteiger partial charge in [-0.3, -0.25) is 5.10 Å². The van der Waals surface area contributed by atoms with Crippen LogP contribution in [0.2, 0.25) is 0 Å². The van der Waals surface area contributed by atoms with Crippen molar-refractivity contribution in [2.24, 2.45) is 0 Å². The first-order valence-electron chi connectivity index (χ1n) is 3.92. The van der Waals surface area contributed by atoms with Gasteiger partial charge in [-0.25, -0.2) is 4.98 Å². The third-order valence-corrected chi connectivity index (χ3v) is 2.10. The molecule has 68 valence electrons. The van der Waals surface area contributed by atoms with E-state index in [1.54, 1.807) is 18.9 Å². The lowest BCUT2D eigenvalue weighted by Gasteiger charge is -2.01. The number of aromatic amines is 1. The van der Waals surface area contributed by atoms with E-state index in [-0.39, 0.29) is 0 Å². The van der Waals surface area contributed by atoms with Crippen LogP contribution in [-0.4, -0.2) is 24.3 Å². The van der Waals surface area contributed by atoms with Crippen molar-refractivity contribution in [2.75, 3.05) is 0 Å². The fourth-order valence-electron chi connectivity index (χ4n) is 1.07. The Morgan fingerprint density at radius 3 is 2.92 bits per heavy atom. The Kier molecular flexibility index (Phi) is 2.22. The number of hydrogen-bond donors (Lipinski definition) is 1. The van der Waals surface area contributed by atoms with Gasteiger partial charge < -0.3 is 9.13 Å². The lowest BCUT2D eigenvalue weighted by molar-refractivity contribution is 0.572. The van der Waals surface area contributed by atoms with Crippen molar-refractivity contribution in [1.82, 2.24) is 24.3 Å². The molecule has 0 amide bonds. The number of aryl methyl sites for hydroxylation is 2. The minimum absolute atomic E-state index is 0.653. The van der Waals surface area contributed by atoms with Crippen LogP contribution in [0.15, 0.2) is 25.0 Å². The normalized spacial score (nSPS) is 10.5. The van der Waals surface area contributed by atoms with Crippen molar-refractivity contribution in [3.05, 3.63) is 29.8 Å². The Bertz CT molecular complexity index is 412.